The van der Waals surface area contributed by atoms with Crippen LogP contribution in [0.1, 0.15) is 45.3 Å². The molecule has 2 fully saturated rings. The van der Waals surface area contributed by atoms with Crippen LogP contribution in [0, 0.1) is 0 Å². The number of aromatic amines is 1. The molecule has 2 aliphatic rings. The lowest BCUT2D eigenvalue weighted by Gasteiger charge is -2.34. The molecular weight excluding hydrogens is 332 g/mol. The maximum Gasteiger partial charge on any atom is 0.274 e. The van der Waals surface area contributed by atoms with Crippen LogP contribution >= 0.6 is 0 Å². The molecule has 1 saturated carbocycles. The molecule has 4 rings (SSSR count). The van der Waals surface area contributed by atoms with Crippen molar-refractivity contribution in [2.24, 2.45) is 0 Å². The summed E-state index contributed by atoms with van der Waals surface area (Å²) in [7, 11) is 1.56. The molecular formula is C19H22N4O3. The number of piperazine rings is 1. The first kappa shape index (κ1) is 16.6. The third-order valence-electron chi connectivity index (χ3n) is 5.03. The fourth-order valence-electron chi connectivity index (χ4n) is 3.32. The predicted molar refractivity (Wildman–Crippen MR) is 95.4 cm³/mol. The largest absolute Gasteiger partial charge is 0.496 e. The average molecular weight is 354 g/mol. The summed E-state index contributed by atoms with van der Waals surface area (Å²) >= 11 is 0. The van der Waals surface area contributed by atoms with Crippen molar-refractivity contribution in [3.8, 4) is 5.75 Å². The lowest BCUT2D eigenvalue weighted by atomic mass is 10.1. The fourth-order valence-corrected chi connectivity index (χ4v) is 3.32. The van der Waals surface area contributed by atoms with Gasteiger partial charge < -0.3 is 14.5 Å². The number of aromatic nitrogens is 2. The minimum atomic E-state index is -0.0717. The van der Waals surface area contributed by atoms with Crippen LogP contribution in [0.2, 0.25) is 0 Å². The van der Waals surface area contributed by atoms with E-state index in [4.69, 9.17) is 4.74 Å². The molecule has 2 amide bonds. The smallest absolute Gasteiger partial charge is 0.274 e. The van der Waals surface area contributed by atoms with Crippen LogP contribution in [0.25, 0.3) is 0 Å². The highest BCUT2D eigenvalue weighted by Gasteiger charge is 2.30. The lowest BCUT2D eigenvalue weighted by molar-refractivity contribution is 0.0530. The number of H-pyrrole nitrogens is 1. The van der Waals surface area contributed by atoms with E-state index in [1.54, 1.807) is 29.0 Å². The topological polar surface area (TPSA) is 78.5 Å². The summed E-state index contributed by atoms with van der Waals surface area (Å²) in [4.78, 5) is 28.9. The summed E-state index contributed by atoms with van der Waals surface area (Å²) < 4.78 is 5.28. The fraction of sp³-hybridized carbons (Fsp3) is 0.421. The molecule has 0 spiro atoms. The summed E-state index contributed by atoms with van der Waals surface area (Å²) in [6, 6.07) is 9.08. The molecule has 0 bridgehead atoms. The zero-order valence-corrected chi connectivity index (χ0v) is 14.8. The Morgan fingerprint density at radius 3 is 2.38 bits per heavy atom. The zero-order valence-electron chi connectivity index (χ0n) is 14.8. The molecule has 1 aliphatic carbocycles. The second-order valence-corrected chi connectivity index (χ2v) is 6.77. The van der Waals surface area contributed by atoms with Gasteiger partial charge in [-0.15, -0.1) is 0 Å². The van der Waals surface area contributed by atoms with E-state index in [1.807, 2.05) is 18.2 Å². The first-order valence-corrected chi connectivity index (χ1v) is 8.94. The molecule has 26 heavy (non-hydrogen) atoms. The predicted octanol–water partition coefficient (Wildman–Crippen LogP) is 1.89. The Balaban J connectivity index is 1.38. The van der Waals surface area contributed by atoms with Gasteiger partial charge in [-0.3, -0.25) is 14.7 Å². The molecule has 2 aromatic rings. The summed E-state index contributed by atoms with van der Waals surface area (Å²) in [6.07, 6.45) is 2.33. The molecule has 7 heteroatoms. The minimum absolute atomic E-state index is 0.0645. The highest BCUT2D eigenvalue weighted by Crippen LogP contribution is 2.39. The van der Waals surface area contributed by atoms with Crippen LogP contribution in [0.3, 0.4) is 0 Å². The van der Waals surface area contributed by atoms with Crippen molar-refractivity contribution in [1.29, 1.82) is 0 Å². The van der Waals surface area contributed by atoms with Gasteiger partial charge in [0.1, 0.15) is 11.4 Å². The highest BCUT2D eigenvalue weighted by molar-refractivity contribution is 5.97. The van der Waals surface area contributed by atoms with Crippen molar-refractivity contribution in [2.45, 2.75) is 18.8 Å². The number of methoxy groups -OCH3 is 1. The Labute approximate surface area is 151 Å². The Bertz CT molecular complexity index is 820. The van der Waals surface area contributed by atoms with Crippen LogP contribution in [-0.4, -0.2) is 65.1 Å². The monoisotopic (exact) mass is 354 g/mol. The maximum absolute atomic E-state index is 12.7. The number of hydrogen-bond acceptors (Lipinski definition) is 4. The van der Waals surface area contributed by atoms with Gasteiger partial charge in [-0.1, -0.05) is 12.1 Å². The quantitative estimate of drug-likeness (QED) is 0.909. The molecule has 0 atom stereocenters. The van der Waals surface area contributed by atoms with E-state index >= 15 is 0 Å². The second kappa shape index (κ2) is 6.82. The van der Waals surface area contributed by atoms with Gasteiger partial charge in [-0.2, -0.15) is 5.10 Å². The standard InChI is InChI=1S/C19H22N4O3/c1-26-17-5-3-2-4-14(17)18(24)22-8-10-23(11-9-22)19(25)16-12-15(20-21-16)13-6-7-13/h2-5,12-13H,6-11H2,1H3,(H,20,21). The van der Waals surface area contributed by atoms with Crippen molar-refractivity contribution < 1.29 is 14.3 Å². The minimum Gasteiger partial charge on any atom is -0.496 e. The number of carbonyl (C=O) groups excluding carboxylic acids is 2. The summed E-state index contributed by atoms with van der Waals surface area (Å²) in [5.74, 6) is 0.974. The average Bonchev–Trinajstić information content (AvgIpc) is 3.43. The van der Waals surface area contributed by atoms with E-state index in [9.17, 15) is 9.59 Å². The van der Waals surface area contributed by atoms with E-state index in [0.717, 1.165) is 5.69 Å². The highest BCUT2D eigenvalue weighted by atomic mass is 16.5. The maximum atomic E-state index is 12.7. The molecule has 0 unspecified atom stereocenters. The molecule has 136 valence electrons. The number of amides is 2. The second-order valence-electron chi connectivity index (χ2n) is 6.77. The number of rotatable bonds is 4. The number of nitrogens with one attached hydrogen (secondary N) is 1. The van der Waals surface area contributed by atoms with Crippen LogP contribution in [0.15, 0.2) is 30.3 Å². The number of para-hydroxylation sites is 1. The van der Waals surface area contributed by atoms with E-state index in [2.05, 4.69) is 10.2 Å². The molecule has 7 nitrogen and oxygen atoms in total. The molecule has 0 radical (unpaired) electrons. The molecule has 2 heterocycles. The van der Waals surface area contributed by atoms with Gasteiger partial charge in [-0.25, -0.2) is 0 Å². The molecule has 1 saturated heterocycles. The van der Waals surface area contributed by atoms with E-state index in [1.165, 1.54) is 12.8 Å². The van der Waals surface area contributed by atoms with Crippen LogP contribution in [-0.2, 0) is 0 Å². The van der Waals surface area contributed by atoms with Gasteiger partial charge in [-0.05, 0) is 31.0 Å². The van der Waals surface area contributed by atoms with Gasteiger partial charge in [0.25, 0.3) is 11.8 Å². The lowest BCUT2D eigenvalue weighted by Crippen LogP contribution is -2.50. The van der Waals surface area contributed by atoms with Gasteiger partial charge in [0.15, 0.2) is 0 Å². The van der Waals surface area contributed by atoms with E-state index in [0.29, 0.717) is 49.1 Å². The van der Waals surface area contributed by atoms with Crippen molar-refractivity contribution in [3.63, 3.8) is 0 Å². The summed E-state index contributed by atoms with van der Waals surface area (Å²) in [5, 5.41) is 7.14. The number of hydrogen-bond donors (Lipinski definition) is 1. The molecule has 1 aromatic carbocycles. The van der Waals surface area contributed by atoms with Gasteiger partial charge in [0.05, 0.1) is 12.7 Å². The Morgan fingerprint density at radius 1 is 1.08 bits per heavy atom. The first-order chi connectivity index (χ1) is 12.7. The van der Waals surface area contributed by atoms with E-state index < -0.39 is 0 Å². The summed E-state index contributed by atoms with van der Waals surface area (Å²) in [5.41, 5.74) is 2.07. The van der Waals surface area contributed by atoms with Crippen molar-refractivity contribution in [1.82, 2.24) is 20.0 Å². The number of carbonyl (C=O) groups is 2. The zero-order chi connectivity index (χ0) is 18.1. The van der Waals surface area contributed by atoms with Gasteiger partial charge >= 0.3 is 0 Å². The summed E-state index contributed by atoms with van der Waals surface area (Å²) in [6.45, 7) is 2.02. The molecule has 1 N–H and O–H groups in total. The normalized spacial score (nSPS) is 17.3. The van der Waals surface area contributed by atoms with Crippen molar-refractivity contribution in [3.05, 3.63) is 47.3 Å². The molecule has 1 aromatic heterocycles. The van der Waals surface area contributed by atoms with Crippen LogP contribution in [0.5, 0.6) is 5.75 Å². The SMILES string of the molecule is COc1ccccc1C(=O)N1CCN(C(=O)c2cc(C3CC3)[nH]n2)CC1. The molecule has 1 aliphatic heterocycles. The number of nitrogens with zero attached hydrogens (tertiary/aromatic N) is 3. The van der Waals surface area contributed by atoms with Crippen molar-refractivity contribution in [2.75, 3.05) is 33.3 Å². The third kappa shape index (κ3) is 3.16. The Hall–Kier alpha value is -2.83. The number of ether oxygens (including phenoxy) is 1. The van der Waals surface area contributed by atoms with Crippen LogP contribution in [0.4, 0.5) is 0 Å². The van der Waals surface area contributed by atoms with Gasteiger partial charge in [0.2, 0.25) is 0 Å². The van der Waals surface area contributed by atoms with Crippen LogP contribution < -0.4 is 4.74 Å². The number of benzene rings is 1. The van der Waals surface area contributed by atoms with E-state index in [-0.39, 0.29) is 11.8 Å². The first-order valence-electron chi connectivity index (χ1n) is 8.94. The van der Waals surface area contributed by atoms with Crippen molar-refractivity contribution >= 4 is 11.8 Å². The Morgan fingerprint density at radius 2 is 1.73 bits per heavy atom. The van der Waals surface area contributed by atoms with Gasteiger partial charge in [0, 0.05) is 37.8 Å². The Kier molecular flexibility index (Phi) is 4.36. The third-order valence-corrected chi connectivity index (χ3v) is 5.03.